The second kappa shape index (κ2) is 7.13. The van der Waals surface area contributed by atoms with Crippen LogP contribution in [0.5, 0.6) is 0 Å². The minimum atomic E-state index is -0.00541. The molecule has 0 fully saturated rings. The van der Waals surface area contributed by atoms with Crippen LogP contribution in [-0.4, -0.2) is 28.3 Å². The van der Waals surface area contributed by atoms with Gasteiger partial charge in [0, 0.05) is 35.6 Å². The van der Waals surface area contributed by atoms with Gasteiger partial charge in [0.05, 0.1) is 6.04 Å². The predicted molar refractivity (Wildman–Crippen MR) is 96.0 cm³/mol. The van der Waals surface area contributed by atoms with Gasteiger partial charge >= 0.3 is 6.03 Å². The lowest BCUT2D eigenvalue weighted by atomic mass is 10.0. The van der Waals surface area contributed by atoms with Gasteiger partial charge in [0.2, 0.25) is 0 Å². The zero-order valence-electron chi connectivity index (χ0n) is 13.7. The summed E-state index contributed by atoms with van der Waals surface area (Å²) in [5, 5.41) is 3.06. The van der Waals surface area contributed by atoms with Crippen LogP contribution in [0.3, 0.4) is 0 Å². The fourth-order valence-corrected chi connectivity index (χ4v) is 3.64. The molecule has 1 atom stereocenters. The second-order valence-electron chi connectivity index (χ2n) is 5.79. The zero-order valence-corrected chi connectivity index (χ0v) is 14.5. The smallest absolute Gasteiger partial charge is 0.322 e. The molecule has 1 aliphatic heterocycles. The van der Waals surface area contributed by atoms with E-state index in [0.29, 0.717) is 0 Å². The van der Waals surface area contributed by atoms with Crippen LogP contribution in [0.15, 0.2) is 47.5 Å². The first-order chi connectivity index (χ1) is 11.2. The van der Waals surface area contributed by atoms with E-state index in [1.807, 2.05) is 35.4 Å². The molecule has 3 rings (SSSR count). The third-order valence-corrected chi connectivity index (χ3v) is 5.03. The maximum absolute atomic E-state index is 12.8. The number of amides is 2. The number of nitrogens with one attached hydrogen (secondary N) is 1. The molecule has 122 valence electrons. The van der Waals surface area contributed by atoms with Crippen LogP contribution in [0.4, 0.5) is 10.5 Å². The highest BCUT2D eigenvalue weighted by Crippen LogP contribution is 2.30. The van der Waals surface area contributed by atoms with Gasteiger partial charge in [-0.15, -0.1) is 11.8 Å². The number of nitrogens with zero attached hydrogens (tertiary/aromatic N) is 2. The Morgan fingerprint density at radius 1 is 1.30 bits per heavy atom. The topological polar surface area (TPSA) is 37.3 Å². The average Bonchev–Trinajstić information content (AvgIpc) is 3.04. The van der Waals surface area contributed by atoms with Crippen molar-refractivity contribution in [3.8, 4) is 0 Å². The molecule has 4 nitrogen and oxygen atoms in total. The van der Waals surface area contributed by atoms with Gasteiger partial charge in [0.15, 0.2) is 0 Å². The van der Waals surface area contributed by atoms with Crippen molar-refractivity contribution >= 4 is 23.5 Å². The van der Waals surface area contributed by atoms with Crippen molar-refractivity contribution in [1.82, 2.24) is 9.47 Å². The minimum absolute atomic E-state index is 0.00541. The summed E-state index contributed by atoms with van der Waals surface area (Å²) in [7, 11) is 0. The number of carbonyl (C=O) groups is 1. The molecule has 23 heavy (non-hydrogen) atoms. The minimum Gasteiger partial charge on any atom is -0.348 e. The van der Waals surface area contributed by atoms with Crippen molar-refractivity contribution in [3.05, 3.63) is 48.3 Å². The quantitative estimate of drug-likeness (QED) is 0.832. The van der Waals surface area contributed by atoms with Crippen molar-refractivity contribution in [2.45, 2.75) is 37.2 Å². The van der Waals surface area contributed by atoms with Crippen LogP contribution in [0.2, 0.25) is 0 Å². The van der Waals surface area contributed by atoms with E-state index in [1.165, 1.54) is 5.69 Å². The molecule has 0 unspecified atom stereocenters. The monoisotopic (exact) mass is 329 g/mol. The average molecular weight is 329 g/mol. The number of hydrogen-bond donors (Lipinski definition) is 1. The molecular formula is C18H23N3OS. The zero-order chi connectivity index (χ0) is 16.2. The number of carbonyl (C=O) groups excluding carboxylic acids is 1. The lowest BCUT2D eigenvalue weighted by Crippen LogP contribution is -2.44. The van der Waals surface area contributed by atoms with E-state index < -0.39 is 0 Å². The SMILES string of the molecule is CCC[C@H]1c2cccn2CCN1C(=O)Nc1cccc(SC)c1. The fraction of sp³-hybridized carbons (Fsp3) is 0.389. The van der Waals surface area contributed by atoms with E-state index in [-0.39, 0.29) is 12.1 Å². The highest BCUT2D eigenvalue weighted by Gasteiger charge is 2.30. The van der Waals surface area contributed by atoms with Crippen LogP contribution in [0.1, 0.15) is 31.5 Å². The van der Waals surface area contributed by atoms with E-state index in [0.717, 1.165) is 36.5 Å². The number of rotatable bonds is 4. The van der Waals surface area contributed by atoms with Crippen LogP contribution >= 0.6 is 11.8 Å². The van der Waals surface area contributed by atoms with Gasteiger partial charge in [0.1, 0.15) is 0 Å². The van der Waals surface area contributed by atoms with Gasteiger partial charge in [-0.2, -0.15) is 0 Å². The lowest BCUT2D eigenvalue weighted by Gasteiger charge is -2.37. The Kier molecular flexibility index (Phi) is 4.96. The van der Waals surface area contributed by atoms with Gasteiger partial charge in [-0.05, 0) is 43.0 Å². The van der Waals surface area contributed by atoms with Crippen LogP contribution < -0.4 is 5.32 Å². The first kappa shape index (κ1) is 16.0. The highest BCUT2D eigenvalue weighted by molar-refractivity contribution is 7.98. The van der Waals surface area contributed by atoms with Crippen molar-refractivity contribution in [3.63, 3.8) is 0 Å². The van der Waals surface area contributed by atoms with Crippen LogP contribution in [0.25, 0.3) is 0 Å². The summed E-state index contributed by atoms with van der Waals surface area (Å²) in [5.41, 5.74) is 2.10. The molecular weight excluding hydrogens is 306 g/mol. The third kappa shape index (κ3) is 3.39. The number of benzene rings is 1. The molecule has 1 aliphatic rings. The molecule has 0 saturated heterocycles. The summed E-state index contributed by atoms with van der Waals surface area (Å²) in [4.78, 5) is 15.9. The van der Waals surface area contributed by atoms with Gasteiger partial charge in [-0.3, -0.25) is 0 Å². The van der Waals surface area contributed by atoms with E-state index in [2.05, 4.69) is 35.1 Å². The maximum atomic E-state index is 12.8. The molecule has 0 spiro atoms. The van der Waals surface area contributed by atoms with Crippen molar-refractivity contribution in [2.75, 3.05) is 18.1 Å². The predicted octanol–water partition coefficient (Wildman–Crippen LogP) is 4.60. The Morgan fingerprint density at radius 3 is 2.96 bits per heavy atom. The fourth-order valence-electron chi connectivity index (χ4n) is 3.18. The number of fused-ring (bicyclic) bond motifs is 1. The number of urea groups is 1. The molecule has 1 N–H and O–H groups in total. The van der Waals surface area contributed by atoms with Gasteiger partial charge in [0.25, 0.3) is 0 Å². The number of aromatic nitrogens is 1. The summed E-state index contributed by atoms with van der Waals surface area (Å²) in [5.74, 6) is 0. The Hall–Kier alpha value is -1.88. The van der Waals surface area contributed by atoms with Gasteiger partial charge in [-0.1, -0.05) is 19.4 Å². The molecule has 0 saturated carbocycles. The summed E-state index contributed by atoms with van der Waals surface area (Å²) in [6.07, 6.45) is 6.19. The van der Waals surface area contributed by atoms with Crippen LogP contribution in [-0.2, 0) is 6.54 Å². The molecule has 5 heteroatoms. The number of anilines is 1. The molecule has 1 aromatic heterocycles. The summed E-state index contributed by atoms with van der Waals surface area (Å²) < 4.78 is 2.26. The summed E-state index contributed by atoms with van der Waals surface area (Å²) in [6.45, 7) is 3.78. The van der Waals surface area contributed by atoms with Gasteiger partial charge in [-0.25, -0.2) is 4.79 Å². The standard InChI is InChI=1S/C18H23N3OS/c1-3-6-17-16-9-5-10-20(16)11-12-21(17)18(22)19-14-7-4-8-15(13-14)23-2/h4-5,7-10,13,17H,3,6,11-12H2,1-2H3,(H,19,22)/t17-/m0/s1. The normalized spacial score (nSPS) is 17.0. The van der Waals surface area contributed by atoms with Gasteiger partial charge < -0.3 is 14.8 Å². The molecule has 2 aromatic rings. The highest BCUT2D eigenvalue weighted by atomic mass is 32.2. The van der Waals surface area contributed by atoms with Crippen molar-refractivity contribution < 1.29 is 4.79 Å². The largest absolute Gasteiger partial charge is 0.348 e. The molecule has 2 amide bonds. The Labute approximate surface area is 141 Å². The van der Waals surface area contributed by atoms with Crippen molar-refractivity contribution in [1.29, 1.82) is 0 Å². The van der Waals surface area contributed by atoms with E-state index in [1.54, 1.807) is 11.8 Å². The van der Waals surface area contributed by atoms with E-state index >= 15 is 0 Å². The number of thioether (sulfide) groups is 1. The maximum Gasteiger partial charge on any atom is 0.322 e. The first-order valence-electron chi connectivity index (χ1n) is 8.09. The molecule has 0 aliphatic carbocycles. The number of hydrogen-bond acceptors (Lipinski definition) is 2. The van der Waals surface area contributed by atoms with E-state index in [9.17, 15) is 4.79 Å². The van der Waals surface area contributed by atoms with E-state index in [4.69, 9.17) is 0 Å². The third-order valence-electron chi connectivity index (χ3n) is 4.31. The molecule has 2 heterocycles. The Morgan fingerprint density at radius 2 is 2.17 bits per heavy atom. The van der Waals surface area contributed by atoms with Crippen molar-refractivity contribution in [2.24, 2.45) is 0 Å². The first-order valence-corrected chi connectivity index (χ1v) is 9.32. The molecule has 0 radical (unpaired) electrons. The lowest BCUT2D eigenvalue weighted by molar-refractivity contribution is 0.163. The Bertz CT molecular complexity index is 682. The summed E-state index contributed by atoms with van der Waals surface area (Å²) >= 11 is 1.68. The molecule has 0 bridgehead atoms. The second-order valence-corrected chi connectivity index (χ2v) is 6.67. The summed E-state index contributed by atoms with van der Waals surface area (Å²) in [6, 6.07) is 12.3. The molecule has 1 aromatic carbocycles. The Balaban J connectivity index is 1.78. The van der Waals surface area contributed by atoms with Crippen LogP contribution in [0, 0.1) is 0 Å².